The molecule has 0 amide bonds. The number of aromatic nitrogens is 2. The topological polar surface area (TPSA) is 80.9 Å². The molecule has 1 aromatic carbocycles. The fraction of sp³-hybridized carbons (Fsp3) is 0.231. The van der Waals surface area contributed by atoms with E-state index in [1.54, 1.807) is 19.9 Å². The molecule has 1 aromatic heterocycles. The lowest BCUT2D eigenvalue weighted by molar-refractivity contribution is 0.619. The third-order valence-corrected chi connectivity index (χ3v) is 3.09. The van der Waals surface area contributed by atoms with Gasteiger partial charge in [0.15, 0.2) is 0 Å². The van der Waals surface area contributed by atoms with Crippen molar-refractivity contribution in [2.24, 2.45) is 0 Å². The fourth-order valence-corrected chi connectivity index (χ4v) is 1.75. The highest BCUT2D eigenvalue weighted by Crippen LogP contribution is 2.10. The first-order valence-corrected chi connectivity index (χ1v) is 5.64. The minimum absolute atomic E-state index is 0.199. The lowest BCUT2D eigenvalue weighted by Crippen LogP contribution is -2.33. The van der Waals surface area contributed by atoms with Crippen molar-refractivity contribution in [1.29, 1.82) is 0 Å². The molecule has 5 nitrogen and oxygen atoms in total. The van der Waals surface area contributed by atoms with Crippen LogP contribution in [-0.4, -0.2) is 9.78 Å². The summed E-state index contributed by atoms with van der Waals surface area (Å²) in [7, 11) is 0. The lowest BCUT2D eigenvalue weighted by atomic mass is 10.1. The lowest BCUT2D eigenvalue weighted by Gasteiger charge is -2.09. The van der Waals surface area contributed by atoms with Crippen molar-refractivity contribution in [3.8, 4) is 0 Å². The van der Waals surface area contributed by atoms with E-state index in [9.17, 15) is 9.59 Å². The molecule has 0 saturated heterocycles. The molecule has 3 N–H and O–H groups in total. The van der Waals surface area contributed by atoms with Gasteiger partial charge in [0.1, 0.15) is 0 Å². The quantitative estimate of drug-likeness (QED) is 0.767. The van der Waals surface area contributed by atoms with E-state index in [0.717, 1.165) is 5.56 Å². The van der Waals surface area contributed by atoms with Crippen molar-refractivity contribution in [2.45, 2.75) is 20.4 Å². The van der Waals surface area contributed by atoms with Gasteiger partial charge in [-0.05, 0) is 25.5 Å². The van der Waals surface area contributed by atoms with Crippen LogP contribution >= 0.6 is 0 Å². The van der Waals surface area contributed by atoms with E-state index in [0.29, 0.717) is 16.8 Å². The van der Waals surface area contributed by atoms with Gasteiger partial charge in [0.25, 0.3) is 11.1 Å². The summed E-state index contributed by atoms with van der Waals surface area (Å²) in [5.74, 6) is 0. The van der Waals surface area contributed by atoms with Crippen LogP contribution in [0, 0.1) is 13.8 Å². The third kappa shape index (κ3) is 2.07. The molecule has 0 atom stereocenters. The summed E-state index contributed by atoms with van der Waals surface area (Å²) < 4.78 is 1.29. The van der Waals surface area contributed by atoms with Crippen LogP contribution in [-0.2, 0) is 6.54 Å². The zero-order chi connectivity index (χ0) is 13.3. The predicted molar refractivity (Wildman–Crippen MR) is 70.8 cm³/mol. The largest absolute Gasteiger partial charge is 0.398 e. The zero-order valence-corrected chi connectivity index (χ0v) is 10.4. The Balaban J connectivity index is 2.52. The van der Waals surface area contributed by atoms with Crippen LogP contribution in [0.25, 0.3) is 0 Å². The first-order valence-electron chi connectivity index (χ1n) is 5.64. The van der Waals surface area contributed by atoms with Crippen molar-refractivity contribution < 1.29 is 0 Å². The summed E-state index contributed by atoms with van der Waals surface area (Å²) in [6, 6.07) is 7.26. The van der Waals surface area contributed by atoms with Crippen LogP contribution < -0.4 is 16.9 Å². The fourth-order valence-electron chi connectivity index (χ4n) is 1.75. The first kappa shape index (κ1) is 12.2. The molecule has 0 aliphatic heterocycles. The average molecular weight is 245 g/mol. The van der Waals surface area contributed by atoms with E-state index in [1.165, 1.54) is 4.68 Å². The molecule has 5 heteroatoms. The number of nitrogen functional groups attached to an aromatic ring is 1. The van der Waals surface area contributed by atoms with Crippen LogP contribution in [0.2, 0.25) is 0 Å². The Labute approximate surface area is 104 Å². The number of anilines is 1. The van der Waals surface area contributed by atoms with Gasteiger partial charge in [0.05, 0.1) is 6.54 Å². The van der Waals surface area contributed by atoms with Crippen molar-refractivity contribution in [3.05, 3.63) is 61.7 Å². The summed E-state index contributed by atoms with van der Waals surface area (Å²) in [6.45, 7) is 3.55. The molecule has 0 spiro atoms. The molecule has 0 aliphatic rings. The van der Waals surface area contributed by atoms with Gasteiger partial charge in [-0.25, -0.2) is 4.68 Å². The van der Waals surface area contributed by atoms with Gasteiger partial charge in [0, 0.05) is 16.8 Å². The number of hydrogen-bond acceptors (Lipinski definition) is 3. The normalized spacial score (nSPS) is 10.6. The Hall–Kier alpha value is -2.30. The monoisotopic (exact) mass is 245 g/mol. The number of nitrogens with one attached hydrogen (secondary N) is 1. The van der Waals surface area contributed by atoms with Gasteiger partial charge in [-0.15, -0.1) is 0 Å². The molecule has 18 heavy (non-hydrogen) atoms. The van der Waals surface area contributed by atoms with Crippen LogP contribution in [0.4, 0.5) is 5.69 Å². The second kappa shape index (κ2) is 4.52. The predicted octanol–water partition coefficient (Wildman–Crippen LogP) is 0.784. The number of hydrogen-bond donors (Lipinski definition) is 2. The van der Waals surface area contributed by atoms with Crippen LogP contribution in [0.1, 0.15) is 16.7 Å². The average Bonchev–Trinajstić information content (AvgIpc) is 2.36. The molecular formula is C13H15N3O2. The summed E-state index contributed by atoms with van der Waals surface area (Å²) in [5.41, 5.74) is 7.70. The molecule has 0 unspecified atom stereocenters. The Morgan fingerprint density at radius 1 is 1.17 bits per heavy atom. The number of aromatic amines is 1. The maximum Gasteiger partial charge on any atom is 0.268 e. The molecule has 94 valence electrons. The number of benzene rings is 1. The number of H-pyrrole nitrogens is 1. The van der Waals surface area contributed by atoms with Crippen molar-refractivity contribution in [3.63, 3.8) is 0 Å². The summed E-state index contributed by atoms with van der Waals surface area (Å²) in [4.78, 5) is 23.7. The van der Waals surface area contributed by atoms with Crippen LogP contribution in [0.15, 0.2) is 33.9 Å². The molecule has 0 saturated carbocycles. The van der Waals surface area contributed by atoms with Crippen molar-refractivity contribution in [1.82, 2.24) is 9.78 Å². The second-order valence-corrected chi connectivity index (χ2v) is 4.28. The molecule has 0 fully saturated rings. The number of para-hydroxylation sites is 1. The standard InChI is InChI=1S/C13H15N3O2/c1-8-9(2)13(18)16(15-12(8)17)7-10-5-3-4-6-11(10)14/h3-6H,7,14H2,1-2H3,(H,15,17). The molecule has 2 aromatic rings. The Morgan fingerprint density at radius 2 is 1.83 bits per heavy atom. The zero-order valence-electron chi connectivity index (χ0n) is 10.4. The van der Waals surface area contributed by atoms with E-state index in [1.807, 2.05) is 18.2 Å². The van der Waals surface area contributed by atoms with E-state index in [2.05, 4.69) is 5.10 Å². The highest BCUT2D eigenvalue weighted by molar-refractivity contribution is 5.46. The van der Waals surface area contributed by atoms with E-state index in [4.69, 9.17) is 5.73 Å². The van der Waals surface area contributed by atoms with E-state index >= 15 is 0 Å². The number of rotatable bonds is 2. The van der Waals surface area contributed by atoms with Crippen molar-refractivity contribution >= 4 is 5.69 Å². The second-order valence-electron chi connectivity index (χ2n) is 4.28. The molecule has 0 bridgehead atoms. The molecule has 1 heterocycles. The van der Waals surface area contributed by atoms with Gasteiger partial charge in [-0.1, -0.05) is 18.2 Å². The number of nitrogens with zero attached hydrogens (tertiary/aromatic N) is 1. The van der Waals surface area contributed by atoms with Crippen LogP contribution in [0.5, 0.6) is 0 Å². The van der Waals surface area contributed by atoms with E-state index in [-0.39, 0.29) is 17.7 Å². The van der Waals surface area contributed by atoms with Gasteiger partial charge >= 0.3 is 0 Å². The highest BCUT2D eigenvalue weighted by Gasteiger charge is 2.08. The summed E-state index contributed by atoms with van der Waals surface area (Å²) in [5, 5.41) is 2.55. The maximum atomic E-state index is 12.0. The summed E-state index contributed by atoms with van der Waals surface area (Å²) >= 11 is 0. The maximum absolute atomic E-state index is 12.0. The van der Waals surface area contributed by atoms with Gasteiger partial charge < -0.3 is 5.73 Å². The SMILES string of the molecule is Cc1c(C)c(=O)n(Cc2ccccc2N)[nH]c1=O. The Morgan fingerprint density at radius 3 is 2.50 bits per heavy atom. The third-order valence-electron chi connectivity index (χ3n) is 3.09. The summed E-state index contributed by atoms with van der Waals surface area (Å²) in [6.07, 6.45) is 0. The minimum Gasteiger partial charge on any atom is -0.398 e. The smallest absolute Gasteiger partial charge is 0.268 e. The molecule has 0 radical (unpaired) electrons. The van der Waals surface area contributed by atoms with Gasteiger partial charge in [-0.3, -0.25) is 14.7 Å². The van der Waals surface area contributed by atoms with Crippen LogP contribution in [0.3, 0.4) is 0 Å². The Bertz CT molecular complexity index is 698. The number of nitrogens with two attached hydrogens (primary N) is 1. The Kier molecular flexibility index (Phi) is 3.06. The van der Waals surface area contributed by atoms with E-state index < -0.39 is 0 Å². The molecule has 2 rings (SSSR count). The van der Waals surface area contributed by atoms with Crippen molar-refractivity contribution in [2.75, 3.05) is 5.73 Å². The van der Waals surface area contributed by atoms with Gasteiger partial charge in [0.2, 0.25) is 0 Å². The van der Waals surface area contributed by atoms with Gasteiger partial charge in [-0.2, -0.15) is 0 Å². The highest BCUT2D eigenvalue weighted by atomic mass is 16.2. The molecular weight excluding hydrogens is 230 g/mol. The minimum atomic E-state index is -0.249. The first-order chi connectivity index (χ1) is 8.50. The molecule has 0 aliphatic carbocycles.